The van der Waals surface area contributed by atoms with Crippen LogP contribution < -0.4 is 0 Å². The predicted octanol–water partition coefficient (Wildman–Crippen LogP) is 0.971. The standard InChI is InChI=1S/C10H12N2O2S/c1-3-4-12(6-10(13)14)5-9-7-15-8(2)11-9/h1,7H,4-6H2,2H3,(H,13,14). The maximum atomic E-state index is 10.6. The number of terminal acetylenes is 1. The lowest BCUT2D eigenvalue weighted by Crippen LogP contribution is -2.29. The highest BCUT2D eigenvalue weighted by molar-refractivity contribution is 7.09. The highest BCUT2D eigenvalue weighted by Crippen LogP contribution is 2.10. The zero-order valence-electron chi connectivity index (χ0n) is 8.43. The van der Waals surface area contributed by atoms with Crippen LogP contribution in [-0.2, 0) is 11.3 Å². The summed E-state index contributed by atoms with van der Waals surface area (Å²) in [6.45, 7) is 2.67. The molecule has 0 aromatic carbocycles. The number of aromatic nitrogens is 1. The summed E-state index contributed by atoms with van der Waals surface area (Å²) in [5.41, 5.74) is 0.869. The van der Waals surface area contributed by atoms with Crippen LogP contribution in [0.1, 0.15) is 10.7 Å². The molecule has 0 radical (unpaired) electrons. The molecule has 1 aromatic rings. The van der Waals surface area contributed by atoms with Gasteiger partial charge in [-0.25, -0.2) is 4.98 Å². The largest absolute Gasteiger partial charge is 0.480 e. The molecular formula is C10H12N2O2S. The van der Waals surface area contributed by atoms with Gasteiger partial charge in [-0.3, -0.25) is 9.69 Å². The summed E-state index contributed by atoms with van der Waals surface area (Å²) < 4.78 is 0. The second kappa shape index (κ2) is 5.49. The van der Waals surface area contributed by atoms with E-state index in [1.165, 1.54) is 0 Å². The third-order valence-corrected chi connectivity index (χ3v) is 2.55. The molecule has 0 bridgehead atoms. The molecule has 15 heavy (non-hydrogen) atoms. The lowest BCUT2D eigenvalue weighted by molar-refractivity contribution is -0.138. The maximum Gasteiger partial charge on any atom is 0.317 e. The summed E-state index contributed by atoms with van der Waals surface area (Å²) in [5.74, 6) is 1.56. The number of nitrogens with zero attached hydrogens (tertiary/aromatic N) is 2. The van der Waals surface area contributed by atoms with Crippen molar-refractivity contribution in [2.75, 3.05) is 13.1 Å². The van der Waals surface area contributed by atoms with Gasteiger partial charge < -0.3 is 5.11 Å². The van der Waals surface area contributed by atoms with Gasteiger partial charge in [0.2, 0.25) is 0 Å². The van der Waals surface area contributed by atoms with Crippen LogP contribution in [-0.4, -0.2) is 34.0 Å². The average molecular weight is 224 g/mol. The van der Waals surface area contributed by atoms with E-state index in [0.717, 1.165) is 10.7 Å². The van der Waals surface area contributed by atoms with Gasteiger partial charge in [-0.2, -0.15) is 0 Å². The molecule has 0 aliphatic heterocycles. The van der Waals surface area contributed by atoms with Crippen molar-refractivity contribution >= 4 is 17.3 Å². The Morgan fingerprint density at radius 1 is 1.80 bits per heavy atom. The molecule has 0 unspecified atom stereocenters. The summed E-state index contributed by atoms with van der Waals surface area (Å²) in [5, 5.41) is 11.6. The monoisotopic (exact) mass is 224 g/mol. The van der Waals surface area contributed by atoms with Gasteiger partial charge in [0.25, 0.3) is 0 Å². The number of rotatable bonds is 5. The Morgan fingerprint density at radius 2 is 2.53 bits per heavy atom. The number of carbonyl (C=O) groups is 1. The number of carboxylic acids is 1. The molecule has 0 aliphatic rings. The van der Waals surface area contributed by atoms with E-state index in [1.54, 1.807) is 16.2 Å². The van der Waals surface area contributed by atoms with Gasteiger partial charge in [-0.15, -0.1) is 17.8 Å². The van der Waals surface area contributed by atoms with Gasteiger partial charge in [-0.05, 0) is 6.92 Å². The van der Waals surface area contributed by atoms with E-state index in [-0.39, 0.29) is 6.54 Å². The Kier molecular flexibility index (Phi) is 4.28. The van der Waals surface area contributed by atoms with Crippen LogP contribution in [0.15, 0.2) is 5.38 Å². The smallest absolute Gasteiger partial charge is 0.317 e. The molecule has 0 amide bonds. The Hall–Kier alpha value is -1.38. The first-order valence-electron chi connectivity index (χ1n) is 4.40. The minimum Gasteiger partial charge on any atom is -0.480 e. The Bertz CT molecular complexity index is 381. The summed E-state index contributed by atoms with van der Waals surface area (Å²) >= 11 is 1.55. The summed E-state index contributed by atoms with van der Waals surface area (Å²) in [6.07, 6.45) is 5.16. The van der Waals surface area contributed by atoms with Crippen LogP contribution >= 0.6 is 11.3 Å². The third-order valence-electron chi connectivity index (χ3n) is 1.73. The third kappa shape index (κ3) is 4.11. The predicted molar refractivity (Wildman–Crippen MR) is 58.6 cm³/mol. The van der Waals surface area contributed by atoms with E-state index in [0.29, 0.717) is 13.1 Å². The molecule has 0 aliphatic carbocycles. The second-order valence-corrected chi connectivity index (χ2v) is 4.16. The fourth-order valence-electron chi connectivity index (χ4n) is 1.20. The van der Waals surface area contributed by atoms with Crippen molar-refractivity contribution in [3.63, 3.8) is 0 Å². The van der Waals surface area contributed by atoms with Crippen molar-refractivity contribution in [3.8, 4) is 12.3 Å². The van der Waals surface area contributed by atoms with Gasteiger partial charge in [0.1, 0.15) is 0 Å². The van der Waals surface area contributed by atoms with Crippen molar-refractivity contribution in [2.24, 2.45) is 0 Å². The zero-order chi connectivity index (χ0) is 11.3. The topological polar surface area (TPSA) is 53.4 Å². The Labute approximate surface area is 92.6 Å². The SMILES string of the molecule is C#CCN(CC(=O)O)Cc1csc(C)n1. The fraction of sp³-hybridized carbons (Fsp3) is 0.400. The minimum atomic E-state index is -0.878. The van der Waals surface area contributed by atoms with E-state index >= 15 is 0 Å². The minimum absolute atomic E-state index is 0.0548. The van der Waals surface area contributed by atoms with Crippen LogP contribution in [0, 0.1) is 19.3 Å². The van der Waals surface area contributed by atoms with E-state index in [2.05, 4.69) is 10.9 Å². The Balaban J connectivity index is 2.58. The van der Waals surface area contributed by atoms with Crippen molar-refractivity contribution in [1.82, 2.24) is 9.88 Å². The van der Waals surface area contributed by atoms with Crippen LogP contribution in [0.5, 0.6) is 0 Å². The van der Waals surface area contributed by atoms with Gasteiger partial charge in [0.15, 0.2) is 0 Å². The molecule has 80 valence electrons. The number of hydrogen-bond acceptors (Lipinski definition) is 4. The number of aliphatic carboxylic acids is 1. The summed E-state index contributed by atoms with van der Waals surface area (Å²) in [7, 11) is 0. The molecule has 0 saturated heterocycles. The lowest BCUT2D eigenvalue weighted by Gasteiger charge is -2.15. The maximum absolute atomic E-state index is 10.6. The average Bonchev–Trinajstić information content (AvgIpc) is 2.50. The number of aryl methyl sites for hydroxylation is 1. The van der Waals surface area contributed by atoms with E-state index in [4.69, 9.17) is 11.5 Å². The van der Waals surface area contributed by atoms with Gasteiger partial charge in [-0.1, -0.05) is 5.92 Å². The molecule has 1 heterocycles. The fourth-order valence-corrected chi connectivity index (χ4v) is 1.80. The molecular weight excluding hydrogens is 212 g/mol. The zero-order valence-corrected chi connectivity index (χ0v) is 9.25. The highest BCUT2D eigenvalue weighted by Gasteiger charge is 2.10. The van der Waals surface area contributed by atoms with Crippen molar-refractivity contribution in [2.45, 2.75) is 13.5 Å². The van der Waals surface area contributed by atoms with Gasteiger partial charge in [0.05, 0.1) is 23.8 Å². The van der Waals surface area contributed by atoms with Crippen molar-refractivity contribution < 1.29 is 9.90 Å². The number of carboxylic acid groups (broad SMARTS) is 1. The van der Waals surface area contributed by atoms with E-state index in [1.807, 2.05) is 12.3 Å². The molecule has 0 atom stereocenters. The van der Waals surface area contributed by atoms with Crippen LogP contribution in [0.25, 0.3) is 0 Å². The lowest BCUT2D eigenvalue weighted by atomic mass is 10.4. The Morgan fingerprint density at radius 3 is 3.00 bits per heavy atom. The molecule has 0 spiro atoms. The molecule has 0 fully saturated rings. The first-order chi connectivity index (χ1) is 7.11. The second-order valence-electron chi connectivity index (χ2n) is 3.10. The first-order valence-corrected chi connectivity index (χ1v) is 5.28. The quantitative estimate of drug-likeness (QED) is 0.757. The van der Waals surface area contributed by atoms with Crippen LogP contribution in [0.3, 0.4) is 0 Å². The van der Waals surface area contributed by atoms with Crippen molar-refractivity contribution in [3.05, 3.63) is 16.1 Å². The highest BCUT2D eigenvalue weighted by atomic mass is 32.1. The molecule has 0 saturated carbocycles. The number of hydrogen-bond donors (Lipinski definition) is 1. The summed E-state index contributed by atoms with van der Waals surface area (Å²) in [6, 6.07) is 0. The summed E-state index contributed by atoms with van der Waals surface area (Å²) in [4.78, 5) is 16.5. The van der Waals surface area contributed by atoms with E-state index < -0.39 is 5.97 Å². The van der Waals surface area contributed by atoms with Gasteiger partial charge >= 0.3 is 5.97 Å². The van der Waals surface area contributed by atoms with Gasteiger partial charge in [0, 0.05) is 11.9 Å². The molecule has 1 rings (SSSR count). The van der Waals surface area contributed by atoms with E-state index in [9.17, 15) is 4.79 Å². The molecule has 5 heteroatoms. The first kappa shape index (κ1) is 11.7. The molecule has 1 aromatic heterocycles. The van der Waals surface area contributed by atoms with Crippen LogP contribution in [0.2, 0.25) is 0 Å². The normalized spacial score (nSPS) is 10.2. The molecule has 1 N–H and O–H groups in total. The number of thiazole rings is 1. The molecule has 4 nitrogen and oxygen atoms in total. The van der Waals surface area contributed by atoms with Crippen LogP contribution in [0.4, 0.5) is 0 Å². The van der Waals surface area contributed by atoms with Crippen molar-refractivity contribution in [1.29, 1.82) is 0 Å².